The molecule has 0 spiro atoms. The van der Waals surface area contributed by atoms with Crippen LogP contribution in [-0.2, 0) is 5.41 Å². The molecule has 1 aliphatic carbocycles. The maximum Gasteiger partial charge on any atom is 0.179 e. The molecule has 2 heterocycles. The Morgan fingerprint density at radius 3 is 2.94 bits per heavy atom. The van der Waals surface area contributed by atoms with Crippen molar-refractivity contribution in [2.45, 2.75) is 37.6 Å². The number of fused-ring (bicyclic) bond motifs is 1. The zero-order valence-electron chi connectivity index (χ0n) is 10.8. The second-order valence-electron chi connectivity index (χ2n) is 5.32. The van der Waals surface area contributed by atoms with Crippen LogP contribution in [0.5, 0.6) is 0 Å². The van der Waals surface area contributed by atoms with Gasteiger partial charge in [0.2, 0.25) is 0 Å². The Labute approximate surface area is 106 Å². The van der Waals surface area contributed by atoms with E-state index in [4.69, 9.17) is 5.73 Å². The number of hydrogen-bond acceptors (Lipinski definition) is 4. The first-order chi connectivity index (χ1) is 8.63. The summed E-state index contributed by atoms with van der Waals surface area (Å²) < 4.78 is 0. The molecular weight excluding hydrogens is 226 g/mol. The largest absolute Gasteiger partial charge is 0.373 e. The van der Waals surface area contributed by atoms with Gasteiger partial charge < -0.3 is 16.0 Å². The van der Waals surface area contributed by atoms with Gasteiger partial charge in [0.1, 0.15) is 11.6 Å². The number of aromatic nitrogens is 3. The maximum atomic E-state index is 6.23. The van der Waals surface area contributed by atoms with Crippen molar-refractivity contribution in [3.8, 4) is 0 Å². The summed E-state index contributed by atoms with van der Waals surface area (Å²) in [6.07, 6.45) is 3.33. The van der Waals surface area contributed by atoms with Gasteiger partial charge in [0.25, 0.3) is 0 Å². The van der Waals surface area contributed by atoms with Crippen molar-refractivity contribution in [1.82, 2.24) is 15.0 Å². The van der Waals surface area contributed by atoms with Crippen LogP contribution in [-0.4, -0.2) is 28.0 Å². The molecule has 0 bridgehead atoms. The highest BCUT2D eigenvalue weighted by molar-refractivity contribution is 5.73. The van der Waals surface area contributed by atoms with Crippen LogP contribution in [0.4, 0.5) is 5.82 Å². The standard InChI is InChI=1S/C13H19N5/c1-13(7-3-4-9(13)14)12-16-8-5-6-10(15-2)17-11(8)18-12/h5-6,9H,3-4,7,14H2,1-2H3,(H2,15,16,17,18). The normalized spacial score (nSPS) is 27.8. The molecular formula is C13H19N5. The molecule has 1 saturated carbocycles. The molecule has 0 amide bonds. The van der Waals surface area contributed by atoms with Gasteiger partial charge in [-0.3, -0.25) is 0 Å². The van der Waals surface area contributed by atoms with Crippen LogP contribution in [0.25, 0.3) is 11.2 Å². The van der Waals surface area contributed by atoms with E-state index >= 15 is 0 Å². The monoisotopic (exact) mass is 245 g/mol. The second-order valence-corrected chi connectivity index (χ2v) is 5.32. The molecule has 4 N–H and O–H groups in total. The lowest BCUT2D eigenvalue weighted by Crippen LogP contribution is -2.39. The third-order valence-corrected chi connectivity index (χ3v) is 4.17. The van der Waals surface area contributed by atoms with Crippen molar-refractivity contribution < 1.29 is 0 Å². The molecule has 18 heavy (non-hydrogen) atoms. The Hall–Kier alpha value is -1.62. The van der Waals surface area contributed by atoms with E-state index in [0.29, 0.717) is 0 Å². The van der Waals surface area contributed by atoms with Crippen molar-refractivity contribution >= 4 is 17.0 Å². The number of H-pyrrole nitrogens is 1. The molecule has 96 valence electrons. The molecule has 5 heteroatoms. The summed E-state index contributed by atoms with van der Waals surface area (Å²) in [5.41, 5.74) is 7.93. The van der Waals surface area contributed by atoms with E-state index in [-0.39, 0.29) is 11.5 Å². The van der Waals surface area contributed by atoms with Gasteiger partial charge in [0.15, 0.2) is 5.65 Å². The summed E-state index contributed by atoms with van der Waals surface area (Å²) in [6.45, 7) is 2.20. The summed E-state index contributed by atoms with van der Waals surface area (Å²) in [7, 11) is 1.86. The van der Waals surface area contributed by atoms with Gasteiger partial charge in [-0.05, 0) is 25.0 Å². The predicted octanol–water partition coefficient (Wildman–Crippen LogP) is 1.77. The molecule has 2 aromatic heterocycles. The van der Waals surface area contributed by atoms with Gasteiger partial charge in [-0.2, -0.15) is 0 Å². The molecule has 1 aliphatic rings. The number of anilines is 1. The molecule has 0 aromatic carbocycles. The fourth-order valence-electron chi connectivity index (χ4n) is 2.79. The number of nitrogens with one attached hydrogen (secondary N) is 2. The number of aromatic amines is 1. The summed E-state index contributed by atoms with van der Waals surface area (Å²) in [6, 6.07) is 4.14. The first-order valence-electron chi connectivity index (χ1n) is 6.44. The van der Waals surface area contributed by atoms with Crippen LogP contribution in [0.3, 0.4) is 0 Å². The van der Waals surface area contributed by atoms with Gasteiger partial charge in [0, 0.05) is 18.5 Å². The van der Waals surface area contributed by atoms with Gasteiger partial charge >= 0.3 is 0 Å². The number of rotatable bonds is 2. The summed E-state index contributed by atoms with van der Waals surface area (Å²) in [5.74, 6) is 1.81. The van der Waals surface area contributed by atoms with Crippen LogP contribution in [0.2, 0.25) is 0 Å². The van der Waals surface area contributed by atoms with Crippen LogP contribution in [0.1, 0.15) is 32.0 Å². The minimum atomic E-state index is -0.0412. The number of imidazole rings is 1. The molecule has 0 aliphatic heterocycles. The Kier molecular flexibility index (Phi) is 2.52. The highest BCUT2D eigenvalue weighted by Gasteiger charge is 2.40. The van der Waals surface area contributed by atoms with Crippen molar-refractivity contribution in [1.29, 1.82) is 0 Å². The van der Waals surface area contributed by atoms with Crippen LogP contribution < -0.4 is 11.1 Å². The molecule has 2 atom stereocenters. The van der Waals surface area contributed by atoms with Gasteiger partial charge in [0.05, 0.1) is 5.52 Å². The average Bonchev–Trinajstić information content (AvgIpc) is 2.94. The minimum Gasteiger partial charge on any atom is -0.373 e. The predicted molar refractivity (Wildman–Crippen MR) is 72.6 cm³/mol. The van der Waals surface area contributed by atoms with Crippen LogP contribution in [0, 0.1) is 0 Å². The lowest BCUT2D eigenvalue weighted by Gasteiger charge is -2.26. The molecule has 2 unspecified atom stereocenters. The lowest BCUT2D eigenvalue weighted by molar-refractivity contribution is 0.409. The van der Waals surface area contributed by atoms with Gasteiger partial charge in [-0.1, -0.05) is 13.3 Å². The third kappa shape index (κ3) is 1.58. The summed E-state index contributed by atoms with van der Waals surface area (Å²) in [5, 5.41) is 3.03. The Morgan fingerprint density at radius 2 is 2.28 bits per heavy atom. The smallest absolute Gasteiger partial charge is 0.179 e. The molecule has 0 radical (unpaired) electrons. The first kappa shape index (κ1) is 11.5. The van der Waals surface area contributed by atoms with Crippen LogP contribution >= 0.6 is 0 Å². The SMILES string of the molecule is CNc1ccc2[nH]c(C3(C)CCCC3N)nc2n1. The summed E-state index contributed by atoms with van der Waals surface area (Å²) >= 11 is 0. The number of hydrogen-bond donors (Lipinski definition) is 3. The molecule has 2 aromatic rings. The zero-order chi connectivity index (χ0) is 12.8. The third-order valence-electron chi connectivity index (χ3n) is 4.17. The quantitative estimate of drug-likeness (QED) is 0.753. The first-order valence-corrected chi connectivity index (χ1v) is 6.44. The topological polar surface area (TPSA) is 79.6 Å². The van der Waals surface area contributed by atoms with E-state index in [9.17, 15) is 0 Å². The number of nitrogens with two attached hydrogens (primary N) is 1. The zero-order valence-corrected chi connectivity index (χ0v) is 10.8. The Balaban J connectivity index is 2.08. The van der Waals surface area contributed by atoms with E-state index in [2.05, 4.69) is 27.2 Å². The molecule has 5 nitrogen and oxygen atoms in total. The maximum absolute atomic E-state index is 6.23. The molecule has 3 rings (SSSR count). The number of nitrogens with zero attached hydrogens (tertiary/aromatic N) is 2. The Morgan fingerprint density at radius 1 is 1.44 bits per heavy atom. The van der Waals surface area contributed by atoms with Crippen molar-refractivity contribution in [2.75, 3.05) is 12.4 Å². The van der Waals surface area contributed by atoms with Gasteiger partial charge in [-0.15, -0.1) is 0 Å². The summed E-state index contributed by atoms with van der Waals surface area (Å²) in [4.78, 5) is 12.5. The molecule has 0 saturated heterocycles. The van der Waals surface area contributed by atoms with E-state index in [1.807, 2.05) is 19.2 Å². The van der Waals surface area contributed by atoms with Gasteiger partial charge in [-0.25, -0.2) is 9.97 Å². The number of pyridine rings is 1. The highest BCUT2D eigenvalue weighted by atomic mass is 15.1. The lowest BCUT2D eigenvalue weighted by atomic mass is 9.84. The van der Waals surface area contributed by atoms with Crippen LogP contribution in [0.15, 0.2) is 12.1 Å². The average molecular weight is 245 g/mol. The fourth-order valence-corrected chi connectivity index (χ4v) is 2.79. The molecule has 1 fully saturated rings. The second kappa shape index (κ2) is 3.95. The van der Waals surface area contributed by atoms with Crippen molar-refractivity contribution in [2.24, 2.45) is 5.73 Å². The van der Waals surface area contributed by atoms with E-state index in [1.54, 1.807) is 0 Å². The van der Waals surface area contributed by atoms with E-state index < -0.39 is 0 Å². The van der Waals surface area contributed by atoms with Crippen molar-refractivity contribution in [3.63, 3.8) is 0 Å². The Bertz CT molecular complexity index is 576. The van der Waals surface area contributed by atoms with Crippen molar-refractivity contribution in [3.05, 3.63) is 18.0 Å². The van der Waals surface area contributed by atoms with E-state index in [0.717, 1.165) is 35.6 Å². The van der Waals surface area contributed by atoms with E-state index in [1.165, 1.54) is 6.42 Å². The fraction of sp³-hybridized carbons (Fsp3) is 0.538. The minimum absolute atomic E-state index is 0.0412. The highest BCUT2D eigenvalue weighted by Crippen LogP contribution is 2.38.